The molecule has 0 aliphatic heterocycles. The van der Waals surface area contributed by atoms with Crippen molar-refractivity contribution in [3.05, 3.63) is 188 Å². The van der Waals surface area contributed by atoms with Crippen LogP contribution in [-0.2, 0) is 0 Å². The van der Waals surface area contributed by atoms with E-state index in [1.165, 1.54) is 81.9 Å². The van der Waals surface area contributed by atoms with E-state index in [4.69, 9.17) is 4.42 Å². The monoisotopic (exact) mass is 685 g/mol. The van der Waals surface area contributed by atoms with Crippen LogP contribution in [0.2, 0.25) is 0 Å². The Balaban J connectivity index is 0.994. The average Bonchev–Trinajstić information content (AvgIpc) is 3.76. The van der Waals surface area contributed by atoms with Crippen molar-refractivity contribution >= 4 is 76.1 Å². The minimum atomic E-state index is 0.896. The van der Waals surface area contributed by atoms with Gasteiger partial charge in [0.2, 0.25) is 0 Å². The summed E-state index contributed by atoms with van der Waals surface area (Å²) in [4.78, 5) is 0. The summed E-state index contributed by atoms with van der Waals surface area (Å²) in [6.07, 6.45) is 0. The van der Waals surface area contributed by atoms with Gasteiger partial charge in [0.05, 0.1) is 11.0 Å². The highest BCUT2D eigenvalue weighted by atomic mass is 16.3. The lowest BCUT2D eigenvalue weighted by atomic mass is 9.87. The molecule has 0 amide bonds. The molecule has 0 radical (unpaired) electrons. The Morgan fingerprint density at radius 3 is 1.69 bits per heavy atom. The van der Waals surface area contributed by atoms with Crippen molar-refractivity contribution in [1.29, 1.82) is 0 Å². The van der Waals surface area contributed by atoms with Gasteiger partial charge in [-0.05, 0) is 114 Å². The van der Waals surface area contributed by atoms with Gasteiger partial charge in [0.25, 0.3) is 0 Å². The van der Waals surface area contributed by atoms with Gasteiger partial charge in [-0.15, -0.1) is 0 Å². The van der Waals surface area contributed by atoms with Gasteiger partial charge in [0, 0.05) is 27.2 Å². The fourth-order valence-corrected chi connectivity index (χ4v) is 9.06. The van der Waals surface area contributed by atoms with Crippen LogP contribution in [0.5, 0.6) is 0 Å². The predicted octanol–water partition coefficient (Wildman–Crippen LogP) is 14.6. The molecule has 250 valence electrons. The second-order valence-electron chi connectivity index (χ2n) is 14.5. The van der Waals surface area contributed by atoms with E-state index in [0.717, 1.165) is 33.2 Å². The van der Waals surface area contributed by atoms with Crippen LogP contribution in [0.4, 0.5) is 0 Å². The van der Waals surface area contributed by atoms with Gasteiger partial charge >= 0.3 is 0 Å². The van der Waals surface area contributed by atoms with Crippen molar-refractivity contribution in [2.24, 2.45) is 0 Å². The first-order valence-electron chi connectivity index (χ1n) is 18.6. The van der Waals surface area contributed by atoms with Gasteiger partial charge < -0.3 is 8.98 Å². The maximum absolute atomic E-state index is 6.66. The number of furan rings is 1. The van der Waals surface area contributed by atoms with E-state index in [2.05, 4.69) is 193 Å². The van der Waals surface area contributed by atoms with Gasteiger partial charge in [-0.25, -0.2) is 0 Å². The number of hydrogen-bond acceptors (Lipinski definition) is 1. The first-order chi connectivity index (χ1) is 26.8. The molecule has 2 nitrogen and oxygen atoms in total. The van der Waals surface area contributed by atoms with Crippen LogP contribution in [0.1, 0.15) is 0 Å². The van der Waals surface area contributed by atoms with Crippen molar-refractivity contribution in [2.45, 2.75) is 0 Å². The normalized spacial score (nSPS) is 12.1. The van der Waals surface area contributed by atoms with Crippen LogP contribution in [0, 0.1) is 0 Å². The Kier molecular flexibility index (Phi) is 6.09. The summed E-state index contributed by atoms with van der Waals surface area (Å²) in [7, 11) is 0. The topological polar surface area (TPSA) is 18.1 Å². The Bertz CT molecular complexity index is 3420. The zero-order chi connectivity index (χ0) is 35.3. The molecule has 0 N–H and O–H groups in total. The first kappa shape index (κ1) is 29.4. The van der Waals surface area contributed by atoms with Gasteiger partial charge in [0.15, 0.2) is 0 Å². The third-order valence-corrected chi connectivity index (χ3v) is 11.5. The summed E-state index contributed by atoms with van der Waals surface area (Å²) in [6, 6.07) is 68.4. The first-order valence-corrected chi connectivity index (χ1v) is 18.6. The molecule has 54 heavy (non-hydrogen) atoms. The predicted molar refractivity (Wildman–Crippen MR) is 228 cm³/mol. The highest BCUT2D eigenvalue weighted by Crippen LogP contribution is 2.44. The lowest BCUT2D eigenvalue weighted by Crippen LogP contribution is -1.92. The zero-order valence-corrected chi connectivity index (χ0v) is 29.3. The molecule has 0 unspecified atom stereocenters. The standard InChI is InChI=1S/C52H31NO/c1-3-10-32(11-4-1)39-23-18-33-21-27-44-40(24-19-34-20-26-43(39)51(33)52(34)44)37-13-9-12-35(28-37)36-22-25-42-46-30-48-45(31-50(46)54-49(42)29-36)41-16-7-8-17-47(41)53(48)38-14-5-2-6-15-38/h1-31H. The van der Waals surface area contributed by atoms with Gasteiger partial charge in [-0.2, -0.15) is 0 Å². The van der Waals surface area contributed by atoms with Crippen LogP contribution < -0.4 is 0 Å². The van der Waals surface area contributed by atoms with E-state index in [1.807, 2.05) is 0 Å². The molecular weight excluding hydrogens is 655 g/mol. The molecule has 0 fully saturated rings. The van der Waals surface area contributed by atoms with Crippen LogP contribution >= 0.6 is 0 Å². The SMILES string of the molecule is c1ccc(-c2ccc3ccc4c(-c5cccc(-c6ccc7c(c6)oc6cc8c9ccccc9n(-c9ccccc9)c8cc67)c5)ccc5ccc2c3c54)cc1. The van der Waals surface area contributed by atoms with Gasteiger partial charge in [0.1, 0.15) is 11.2 Å². The minimum absolute atomic E-state index is 0.896. The molecule has 0 saturated carbocycles. The molecule has 12 aromatic rings. The molecular formula is C52H31NO. The number of benzene rings is 10. The van der Waals surface area contributed by atoms with E-state index in [-0.39, 0.29) is 0 Å². The Hall–Kier alpha value is -7.16. The molecule has 10 aromatic carbocycles. The number of aromatic nitrogens is 1. The van der Waals surface area contributed by atoms with E-state index < -0.39 is 0 Å². The number of fused-ring (bicyclic) bond motifs is 6. The van der Waals surface area contributed by atoms with Crippen LogP contribution in [-0.4, -0.2) is 4.57 Å². The smallest absolute Gasteiger partial charge is 0.136 e. The van der Waals surface area contributed by atoms with Crippen LogP contribution in [0.25, 0.3) is 115 Å². The quantitative estimate of drug-likeness (QED) is 0.169. The van der Waals surface area contributed by atoms with Crippen molar-refractivity contribution < 1.29 is 4.42 Å². The molecule has 0 atom stereocenters. The lowest BCUT2D eigenvalue weighted by molar-refractivity contribution is 0.669. The Labute approximate surface area is 311 Å². The molecule has 12 rings (SSSR count). The van der Waals surface area contributed by atoms with E-state index >= 15 is 0 Å². The Morgan fingerprint density at radius 2 is 0.907 bits per heavy atom. The summed E-state index contributed by atoms with van der Waals surface area (Å²) in [5, 5.41) is 12.4. The largest absolute Gasteiger partial charge is 0.456 e. The molecule has 2 heteroatoms. The second-order valence-corrected chi connectivity index (χ2v) is 14.5. The molecule has 0 aliphatic rings. The highest BCUT2D eigenvalue weighted by Gasteiger charge is 2.18. The number of para-hydroxylation sites is 2. The summed E-state index contributed by atoms with van der Waals surface area (Å²) in [5.41, 5.74) is 12.6. The van der Waals surface area contributed by atoms with Crippen molar-refractivity contribution in [2.75, 3.05) is 0 Å². The average molecular weight is 686 g/mol. The number of rotatable bonds is 4. The molecule has 2 aromatic heterocycles. The van der Waals surface area contributed by atoms with Crippen LogP contribution in [0.15, 0.2) is 192 Å². The lowest BCUT2D eigenvalue weighted by Gasteiger charge is -2.17. The third kappa shape index (κ3) is 4.22. The number of hydrogen-bond donors (Lipinski definition) is 0. The van der Waals surface area contributed by atoms with Crippen LogP contribution in [0.3, 0.4) is 0 Å². The van der Waals surface area contributed by atoms with Crippen molar-refractivity contribution in [1.82, 2.24) is 4.57 Å². The van der Waals surface area contributed by atoms with E-state index in [1.54, 1.807) is 0 Å². The maximum Gasteiger partial charge on any atom is 0.136 e. The van der Waals surface area contributed by atoms with Gasteiger partial charge in [-0.1, -0.05) is 140 Å². The Morgan fingerprint density at radius 1 is 0.315 bits per heavy atom. The fourth-order valence-electron chi connectivity index (χ4n) is 9.06. The summed E-state index contributed by atoms with van der Waals surface area (Å²) >= 11 is 0. The minimum Gasteiger partial charge on any atom is -0.456 e. The maximum atomic E-state index is 6.66. The van der Waals surface area contributed by atoms with Crippen molar-refractivity contribution in [3.63, 3.8) is 0 Å². The zero-order valence-electron chi connectivity index (χ0n) is 29.3. The molecule has 0 aliphatic carbocycles. The third-order valence-electron chi connectivity index (χ3n) is 11.5. The second kappa shape index (κ2) is 11.2. The number of nitrogens with zero attached hydrogens (tertiary/aromatic N) is 1. The highest BCUT2D eigenvalue weighted by molar-refractivity contribution is 6.27. The molecule has 0 bridgehead atoms. The van der Waals surface area contributed by atoms with Crippen molar-refractivity contribution in [3.8, 4) is 39.1 Å². The molecule has 0 spiro atoms. The van der Waals surface area contributed by atoms with E-state index in [0.29, 0.717) is 0 Å². The molecule has 0 saturated heterocycles. The fraction of sp³-hybridized carbons (Fsp3) is 0. The summed E-state index contributed by atoms with van der Waals surface area (Å²) in [6.45, 7) is 0. The summed E-state index contributed by atoms with van der Waals surface area (Å²) in [5.74, 6) is 0. The van der Waals surface area contributed by atoms with E-state index in [9.17, 15) is 0 Å². The summed E-state index contributed by atoms with van der Waals surface area (Å²) < 4.78 is 9.02. The molecule has 2 heterocycles. The van der Waals surface area contributed by atoms with Gasteiger partial charge in [-0.3, -0.25) is 0 Å².